The predicted octanol–water partition coefficient (Wildman–Crippen LogP) is 4.81. The monoisotopic (exact) mass is 387 g/mol. The number of nitrogens with one attached hydrogen (secondary N) is 1. The van der Waals surface area contributed by atoms with Crippen molar-refractivity contribution in [1.29, 1.82) is 0 Å². The lowest BCUT2D eigenvalue weighted by Gasteiger charge is -2.07. The van der Waals surface area contributed by atoms with Crippen LogP contribution in [0.25, 0.3) is 11.4 Å². The van der Waals surface area contributed by atoms with E-state index in [2.05, 4.69) is 31.2 Å². The SMILES string of the molecule is O=C(Nc1cnc(-c2ccc(Cl)cc2)nc1)c1ccccc1Br. The molecule has 0 spiro atoms. The first-order valence-electron chi connectivity index (χ1n) is 6.77. The van der Waals surface area contributed by atoms with Gasteiger partial charge in [0.15, 0.2) is 5.82 Å². The van der Waals surface area contributed by atoms with Gasteiger partial charge in [-0.05, 0) is 52.3 Å². The number of carbonyl (C=O) groups excluding carboxylic acids is 1. The van der Waals surface area contributed by atoms with Crippen molar-refractivity contribution in [2.24, 2.45) is 0 Å². The van der Waals surface area contributed by atoms with Crippen molar-refractivity contribution in [1.82, 2.24) is 9.97 Å². The quantitative estimate of drug-likeness (QED) is 0.700. The van der Waals surface area contributed by atoms with E-state index in [9.17, 15) is 4.79 Å². The number of anilines is 1. The number of amides is 1. The second-order valence-electron chi connectivity index (χ2n) is 4.74. The van der Waals surface area contributed by atoms with Crippen LogP contribution in [-0.2, 0) is 0 Å². The smallest absolute Gasteiger partial charge is 0.256 e. The Balaban J connectivity index is 1.76. The Morgan fingerprint density at radius 1 is 1.00 bits per heavy atom. The maximum Gasteiger partial charge on any atom is 0.256 e. The van der Waals surface area contributed by atoms with Crippen LogP contribution in [0, 0.1) is 0 Å². The molecule has 0 saturated carbocycles. The predicted molar refractivity (Wildman–Crippen MR) is 94.6 cm³/mol. The van der Waals surface area contributed by atoms with Crippen molar-refractivity contribution < 1.29 is 4.79 Å². The van der Waals surface area contributed by atoms with Gasteiger partial charge in [-0.3, -0.25) is 4.79 Å². The zero-order chi connectivity index (χ0) is 16.2. The first kappa shape index (κ1) is 15.6. The van der Waals surface area contributed by atoms with Gasteiger partial charge in [0.2, 0.25) is 0 Å². The largest absolute Gasteiger partial charge is 0.319 e. The summed E-state index contributed by atoms with van der Waals surface area (Å²) in [5.74, 6) is 0.348. The molecule has 0 bridgehead atoms. The molecule has 0 saturated heterocycles. The first-order chi connectivity index (χ1) is 11.1. The van der Waals surface area contributed by atoms with Gasteiger partial charge in [-0.15, -0.1) is 0 Å². The fourth-order valence-corrected chi connectivity index (χ4v) is 2.58. The van der Waals surface area contributed by atoms with Gasteiger partial charge >= 0.3 is 0 Å². The lowest BCUT2D eigenvalue weighted by Crippen LogP contribution is -2.13. The van der Waals surface area contributed by atoms with Gasteiger partial charge in [0.25, 0.3) is 5.91 Å². The number of carbonyl (C=O) groups is 1. The summed E-state index contributed by atoms with van der Waals surface area (Å²) < 4.78 is 0.733. The summed E-state index contributed by atoms with van der Waals surface area (Å²) in [6, 6.07) is 14.5. The Hall–Kier alpha value is -2.24. The van der Waals surface area contributed by atoms with Gasteiger partial charge in [0.1, 0.15) is 0 Å². The number of hydrogen-bond donors (Lipinski definition) is 1. The van der Waals surface area contributed by atoms with E-state index in [1.54, 1.807) is 36.7 Å². The topological polar surface area (TPSA) is 54.9 Å². The molecule has 1 amide bonds. The molecule has 4 nitrogen and oxygen atoms in total. The van der Waals surface area contributed by atoms with Crippen LogP contribution in [0.5, 0.6) is 0 Å². The Kier molecular flexibility index (Phi) is 4.69. The van der Waals surface area contributed by atoms with Gasteiger partial charge in [-0.2, -0.15) is 0 Å². The summed E-state index contributed by atoms with van der Waals surface area (Å²) in [7, 11) is 0. The molecule has 0 aliphatic heterocycles. The first-order valence-corrected chi connectivity index (χ1v) is 7.94. The summed E-state index contributed by atoms with van der Waals surface area (Å²) in [5.41, 5.74) is 1.94. The minimum absolute atomic E-state index is 0.222. The van der Waals surface area contributed by atoms with Crippen molar-refractivity contribution in [3.8, 4) is 11.4 Å². The Labute approximate surface area is 146 Å². The van der Waals surface area contributed by atoms with Crippen LogP contribution < -0.4 is 5.32 Å². The standard InChI is InChI=1S/C17H11BrClN3O/c18-15-4-2-1-3-14(15)17(23)22-13-9-20-16(21-10-13)11-5-7-12(19)8-6-11/h1-10H,(H,22,23). The highest BCUT2D eigenvalue weighted by molar-refractivity contribution is 9.10. The highest BCUT2D eigenvalue weighted by Crippen LogP contribution is 2.20. The van der Waals surface area contributed by atoms with Crippen LogP contribution in [0.3, 0.4) is 0 Å². The molecule has 114 valence electrons. The van der Waals surface area contributed by atoms with E-state index in [0.717, 1.165) is 10.0 Å². The van der Waals surface area contributed by atoms with Crippen LogP contribution in [0.4, 0.5) is 5.69 Å². The van der Waals surface area contributed by atoms with Crippen molar-refractivity contribution in [3.05, 3.63) is 76.0 Å². The molecular formula is C17H11BrClN3O. The van der Waals surface area contributed by atoms with E-state index in [4.69, 9.17) is 11.6 Å². The lowest BCUT2D eigenvalue weighted by molar-refractivity contribution is 0.102. The molecule has 23 heavy (non-hydrogen) atoms. The third-order valence-corrected chi connectivity index (χ3v) is 4.07. The summed E-state index contributed by atoms with van der Waals surface area (Å²) in [4.78, 5) is 20.8. The molecule has 1 aromatic heterocycles. The van der Waals surface area contributed by atoms with Gasteiger partial charge in [0, 0.05) is 15.1 Å². The minimum Gasteiger partial charge on any atom is -0.319 e. The third-order valence-electron chi connectivity index (χ3n) is 3.13. The zero-order valence-corrected chi connectivity index (χ0v) is 14.2. The molecule has 0 unspecified atom stereocenters. The van der Waals surface area contributed by atoms with Gasteiger partial charge in [-0.25, -0.2) is 9.97 Å². The van der Waals surface area contributed by atoms with Crippen molar-refractivity contribution in [2.75, 3.05) is 5.32 Å². The molecule has 0 aliphatic carbocycles. The van der Waals surface area contributed by atoms with Gasteiger partial charge in [0.05, 0.1) is 23.6 Å². The van der Waals surface area contributed by atoms with Crippen molar-refractivity contribution in [3.63, 3.8) is 0 Å². The van der Waals surface area contributed by atoms with E-state index in [1.807, 2.05) is 24.3 Å². The van der Waals surface area contributed by atoms with Crippen LogP contribution in [-0.4, -0.2) is 15.9 Å². The number of hydrogen-bond acceptors (Lipinski definition) is 3. The summed E-state index contributed by atoms with van der Waals surface area (Å²) in [5, 5.41) is 3.43. The zero-order valence-electron chi connectivity index (χ0n) is 11.8. The molecule has 1 heterocycles. The third kappa shape index (κ3) is 3.75. The average molecular weight is 389 g/mol. The molecule has 6 heteroatoms. The molecule has 1 N–H and O–H groups in total. The molecule has 0 aliphatic rings. The Morgan fingerprint density at radius 3 is 2.30 bits per heavy atom. The number of nitrogens with zero attached hydrogens (tertiary/aromatic N) is 2. The number of aromatic nitrogens is 2. The number of benzene rings is 2. The Morgan fingerprint density at radius 2 is 1.65 bits per heavy atom. The second-order valence-corrected chi connectivity index (χ2v) is 6.03. The van der Waals surface area contributed by atoms with Crippen molar-refractivity contribution >= 4 is 39.1 Å². The van der Waals surface area contributed by atoms with Crippen LogP contribution >= 0.6 is 27.5 Å². The summed E-state index contributed by atoms with van der Waals surface area (Å²) in [6.07, 6.45) is 3.15. The van der Waals surface area contributed by atoms with E-state index in [1.165, 1.54) is 0 Å². The molecule has 3 rings (SSSR count). The Bertz CT molecular complexity index is 835. The molecule has 0 atom stereocenters. The molecule has 2 aromatic carbocycles. The van der Waals surface area contributed by atoms with E-state index in [0.29, 0.717) is 22.1 Å². The lowest BCUT2D eigenvalue weighted by atomic mass is 10.2. The number of rotatable bonds is 3. The van der Waals surface area contributed by atoms with Crippen LogP contribution in [0.15, 0.2) is 65.4 Å². The molecule has 0 radical (unpaired) electrons. The van der Waals surface area contributed by atoms with Crippen LogP contribution in [0.2, 0.25) is 5.02 Å². The van der Waals surface area contributed by atoms with Crippen LogP contribution in [0.1, 0.15) is 10.4 Å². The minimum atomic E-state index is -0.222. The summed E-state index contributed by atoms with van der Waals surface area (Å²) >= 11 is 9.22. The van der Waals surface area contributed by atoms with E-state index < -0.39 is 0 Å². The van der Waals surface area contributed by atoms with Gasteiger partial charge in [-0.1, -0.05) is 23.7 Å². The summed E-state index contributed by atoms with van der Waals surface area (Å²) in [6.45, 7) is 0. The highest BCUT2D eigenvalue weighted by Gasteiger charge is 2.10. The molecular weight excluding hydrogens is 378 g/mol. The average Bonchev–Trinajstić information content (AvgIpc) is 2.57. The van der Waals surface area contributed by atoms with E-state index in [-0.39, 0.29) is 5.91 Å². The van der Waals surface area contributed by atoms with Gasteiger partial charge < -0.3 is 5.32 Å². The molecule has 0 fully saturated rings. The number of halogens is 2. The maximum atomic E-state index is 12.2. The highest BCUT2D eigenvalue weighted by atomic mass is 79.9. The maximum absolute atomic E-state index is 12.2. The second kappa shape index (κ2) is 6.89. The molecule has 3 aromatic rings. The normalized spacial score (nSPS) is 10.3. The fraction of sp³-hybridized carbons (Fsp3) is 0. The fourth-order valence-electron chi connectivity index (χ4n) is 1.98. The van der Waals surface area contributed by atoms with Crippen molar-refractivity contribution in [2.45, 2.75) is 0 Å². The van der Waals surface area contributed by atoms with E-state index >= 15 is 0 Å².